The van der Waals surface area contributed by atoms with Gasteiger partial charge in [0.15, 0.2) is 11.6 Å². The molecule has 11 heteroatoms. The zero-order chi connectivity index (χ0) is 34.6. The van der Waals surface area contributed by atoms with Crippen LogP contribution >= 0.6 is 0 Å². The van der Waals surface area contributed by atoms with Crippen molar-refractivity contribution in [2.75, 3.05) is 0 Å². The third-order valence-corrected chi connectivity index (χ3v) is 7.33. The molecule has 0 aliphatic carbocycles. The third-order valence-electron chi connectivity index (χ3n) is 7.33. The van der Waals surface area contributed by atoms with Gasteiger partial charge in [-0.15, -0.1) is 13.2 Å². The van der Waals surface area contributed by atoms with Gasteiger partial charge in [0.2, 0.25) is 0 Å². The minimum Gasteiger partial charge on any atom is -0.429 e. The number of allylic oxidation sites excluding steroid dienone is 2. The van der Waals surface area contributed by atoms with Crippen LogP contribution in [-0.2, 0) is 12.5 Å². The van der Waals surface area contributed by atoms with Crippen LogP contribution in [0.3, 0.4) is 0 Å². The second kappa shape index (κ2) is 13.9. The maximum atomic E-state index is 15.1. The van der Waals surface area contributed by atoms with Crippen molar-refractivity contribution in [1.82, 2.24) is 0 Å². The smallest absolute Gasteiger partial charge is 0.429 e. The van der Waals surface area contributed by atoms with Crippen LogP contribution in [0.4, 0.5) is 39.5 Å². The maximum absolute atomic E-state index is 15.1. The molecule has 0 N–H and O–H groups in total. The van der Waals surface area contributed by atoms with Crippen molar-refractivity contribution < 1.29 is 49.0 Å². The number of hydrogen-bond acceptors (Lipinski definition) is 2. The summed E-state index contributed by atoms with van der Waals surface area (Å²) in [6.45, 7) is 1.91. The maximum Gasteiger partial charge on any atom is 0.573 e. The van der Waals surface area contributed by atoms with E-state index in [0.29, 0.717) is 17.2 Å². The molecule has 0 atom stereocenters. The molecule has 0 heterocycles. The molecule has 5 aromatic carbocycles. The average molecular weight is 673 g/mol. The van der Waals surface area contributed by atoms with E-state index in [1.54, 1.807) is 24.3 Å². The first-order valence-electron chi connectivity index (χ1n) is 14.5. The molecule has 0 spiro atoms. The van der Waals surface area contributed by atoms with Crippen molar-refractivity contribution in [2.45, 2.75) is 32.2 Å². The fraction of sp³-hybridized carbons (Fsp3) is 0.135. The number of halogens is 9. The third kappa shape index (κ3) is 8.02. The number of aryl methyl sites for hydroxylation is 1. The van der Waals surface area contributed by atoms with Crippen molar-refractivity contribution in [1.29, 1.82) is 0 Å². The molecule has 5 aromatic rings. The molecule has 0 fully saturated rings. The number of benzene rings is 5. The van der Waals surface area contributed by atoms with Crippen LogP contribution in [0.2, 0.25) is 0 Å². The van der Waals surface area contributed by atoms with Crippen LogP contribution in [0.15, 0.2) is 109 Å². The fourth-order valence-corrected chi connectivity index (χ4v) is 5.02. The number of ether oxygens (including phenoxy) is 2. The molecule has 0 bridgehead atoms. The molecule has 0 amide bonds. The molecule has 0 radical (unpaired) electrons. The van der Waals surface area contributed by atoms with E-state index in [1.807, 2.05) is 19.1 Å². The number of rotatable bonds is 10. The van der Waals surface area contributed by atoms with Crippen molar-refractivity contribution in [3.63, 3.8) is 0 Å². The van der Waals surface area contributed by atoms with E-state index >= 15 is 8.78 Å². The molecule has 5 rings (SSSR count). The zero-order valence-corrected chi connectivity index (χ0v) is 25.0. The van der Waals surface area contributed by atoms with Crippen LogP contribution in [0.25, 0.3) is 33.4 Å². The van der Waals surface area contributed by atoms with Crippen molar-refractivity contribution in [2.24, 2.45) is 0 Å². The summed E-state index contributed by atoms with van der Waals surface area (Å²) in [6, 6.07) is 19.6. The molecule has 0 aliphatic rings. The summed E-state index contributed by atoms with van der Waals surface area (Å²) in [7, 11) is 0. The lowest BCUT2D eigenvalue weighted by Gasteiger charge is -2.20. The summed E-state index contributed by atoms with van der Waals surface area (Å²) in [5.74, 6) is -6.71. The lowest BCUT2D eigenvalue weighted by Crippen LogP contribution is -2.25. The predicted octanol–water partition coefficient (Wildman–Crippen LogP) is 11.8. The topological polar surface area (TPSA) is 18.5 Å². The fourth-order valence-electron chi connectivity index (χ4n) is 5.02. The van der Waals surface area contributed by atoms with Gasteiger partial charge in [-0.2, -0.15) is 8.78 Å². The Morgan fingerprint density at radius 1 is 0.562 bits per heavy atom. The van der Waals surface area contributed by atoms with Crippen LogP contribution in [-0.4, -0.2) is 6.36 Å². The first-order valence-corrected chi connectivity index (χ1v) is 14.5. The van der Waals surface area contributed by atoms with Gasteiger partial charge < -0.3 is 9.47 Å². The van der Waals surface area contributed by atoms with Gasteiger partial charge >= 0.3 is 12.5 Å². The van der Waals surface area contributed by atoms with Crippen molar-refractivity contribution in [3.8, 4) is 44.9 Å². The van der Waals surface area contributed by atoms with Crippen LogP contribution in [0.5, 0.6) is 11.5 Å². The highest BCUT2D eigenvalue weighted by Crippen LogP contribution is 2.38. The van der Waals surface area contributed by atoms with E-state index in [1.165, 1.54) is 24.3 Å². The van der Waals surface area contributed by atoms with E-state index in [9.17, 15) is 30.7 Å². The lowest BCUT2D eigenvalue weighted by atomic mass is 9.99. The van der Waals surface area contributed by atoms with E-state index in [-0.39, 0.29) is 22.3 Å². The van der Waals surface area contributed by atoms with E-state index in [2.05, 4.69) is 4.74 Å². The summed E-state index contributed by atoms with van der Waals surface area (Å²) >= 11 is 0. The number of alkyl halides is 5. The SMILES string of the molecule is CC=CCCc1ccc(-c2cc(F)c(C(F)(F)Oc3ccc(-c4ccc(-c5ccc(OC(F)(F)F)c(F)c5)c(F)c4)cc3)c(F)c2)cc1. The van der Waals surface area contributed by atoms with Gasteiger partial charge in [-0.1, -0.05) is 66.7 Å². The van der Waals surface area contributed by atoms with Crippen LogP contribution < -0.4 is 9.47 Å². The Labute approximate surface area is 269 Å². The first-order chi connectivity index (χ1) is 22.7. The van der Waals surface area contributed by atoms with Crippen molar-refractivity contribution in [3.05, 3.63) is 144 Å². The molecule has 0 aromatic heterocycles. The van der Waals surface area contributed by atoms with E-state index in [0.717, 1.165) is 60.9 Å². The molecular weight excluding hydrogens is 647 g/mol. The highest BCUT2D eigenvalue weighted by atomic mass is 19.4. The second-order valence-electron chi connectivity index (χ2n) is 10.7. The van der Waals surface area contributed by atoms with Crippen LogP contribution in [0, 0.1) is 23.3 Å². The average Bonchev–Trinajstić information content (AvgIpc) is 3.01. The van der Waals surface area contributed by atoms with Crippen LogP contribution in [0.1, 0.15) is 24.5 Å². The summed E-state index contributed by atoms with van der Waals surface area (Å²) in [5.41, 5.74) is 0.387. The first kappa shape index (κ1) is 34.2. The standard InChI is InChI=1S/C37H25F9O2/c1-2-3-4-5-22-6-8-24(9-7-22)27-20-32(40)35(33(41)21-27)36(42,43)47-28-14-10-23(11-15-28)25-12-16-29(30(38)18-25)26-13-17-34(31(39)19-26)48-37(44,45)46/h2-3,6-21H,4-5H2,1H3. The van der Waals surface area contributed by atoms with Gasteiger partial charge in [0.25, 0.3) is 0 Å². The Balaban J connectivity index is 1.30. The summed E-state index contributed by atoms with van der Waals surface area (Å²) < 4.78 is 135. The van der Waals surface area contributed by atoms with Gasteiger partial charge in [-0.3, -0.25) is 0 Å². The Morgan fingerprint density at radius 2 is 1.10 bits per heavy atom. The molecule has 248 valence electrons. The Bertz CT molecular complexity index is 1910. The molecular formula is C37H25F9O2. The van der Waals surface area contributed by atoms with E-state index in [4.69, 9.17) is 4.74 Å². The molecule has 0 aliphatic heterocycles. The summed E-state index contributed by atoms with van der Waals surface area (Å²) in [4.78, 5) is 0. The summed E-state index contributed by atoms with van der Waals surface area (Å²) in [5, 5.41) is 0. The van der Waals surface area contributed by atoms with Crippen molar-refractivity contribution >= 4 is 0 Å². The molecule has 48 heavy (non-hydrogen) atoms. The highest BCUT2D eigenvalue weighted by molar-refractivity contribution is 5.72. The lowest BCUT2D eigenvalue weighted by molar-refractivity contribution is -0.275. The quantitative estimate of drug-likeness (QED) is 0.109. The summed E-state index contributed by atoms with van der Waals surface area (Å²) in [6.07, 6.45) is -3.96. The van der Waals surface area contributed by atoms with Gasteiger partial charge in [0, 0.05) is 5.56 Å². The Morgan fingerprint density at radius 3 is 1.69 bits per heavy atom. The predicted molar refractivity (Wildman–Crippen MR) is 163 cm³/mol. The number of hydrogen-bond donors (Lipinski definition) is 0. The molecule has 0 saturated heterocycles. The molecule has 2 nitrogen and oxygen atoms in total. The minimum absolute atomic E-state index is 0.0573. The van der Waals surface area contributed by atoms with E-state index < -0.39 is 52.8 Å². The molecule has 0 saturated carbocycles. The minimum atomic E-state index is -5.11. The zero-order valence-electron chi connectivity index (χ0n) is 25.0. The van der Waals surface area contributed by atoms with Gasteiger partial charge in [-0.05, 0) is 95.6 Å². The largest absolute Gasteiger partial charge is 0.573 e. The Kier molecular flexibility index (Phi) is 9.88. The van der Waals surface area contributed by atoms with Gasteiger partial charge in [-0.25, -0.2) is 17.6 Å². The molecule has 0 unspecified atom stereocenters. The normalized spacial score (nSPS) is 12.0. The highest BCUT2D eigenvalue weighted by Gasteiger charge is 2.41. The monoisotopic (exact) mass is 672 g/mol. The van der Waals surface area contributed by atoms with Gasteiger partial charge in [0.05, 0.1) is 0 Å². The Hall–Kier alpha value is -5.19. The van der Waals surface area contributed by atoms with Gasteiger partial charge in [0.1, 0.15) is 28.8 Å². The second-order valence-corrected chi connectivity index (χ2v) is 10.7.